The molecule has 1 aromatic carbocycles. The highest BCUT2D eigenvalue weighted by Gasteiger charge is 2.24. The second-order valence-corrected chi connectivity index (χ2v) is 4.78. The van der Waals surface area contributed by atoms with Gasteiger partial charge in [-0.25, -0.2) is 0 Å². The van der Waals surface area contributed by atoms with Gasteiger partial charge in [-0.1, -0.05) is 25.1 Å². The summed E-state index contributed by atoms with van der Waals surface area (Å²) >= 11 is 0. The number of carboxylic acids is 1. The summed E-state index contributed by atoms with van der Waals surface area (Å²) in [4.78, 5) is 25.0. The van der Waals surface area contributed by atoms with Gasteiger partial charge in [-0.2, -0.15) is 0 Å². The van der Waals surface area contributed by atoms with E-state index in [2.05, 4.69) is 0 Å². The lowest BCUT2D eigenvalue weighted by Crippen LogP contribution is -2.42. The highest BCUT2D eigenvalue weighted by Crippen LogP contribution is 2.15. The van der Waals surface area contributed by atoms with E-state index in [9.17, 15) is 9.59 Å². The van der Waals surface area contributed by atoms with Crippen LogP contribution >= 0.6 is 0 Å². The van der Waals surface area contributed by atoms with Crippen molar-refractivity contribution in [2.24, 2.45) is 5.73 Å². The van der Waals surface area contributed by atoms with Crippen LogP contribution in [0.3, 0.4) is 0 Å². The molecule has 3 N–H and O–H groups in total. The van der Waals surface area contributed by atoms with E-state index in [1.54, 1.807) is 12.1 Å². The summed E-state index contributed by atoms with van der Waals surface area (Å²) < 4.78 is 0. The molecule has 0 aliphatic carbocycles. The fourth-order valence-electron chi connectivity index (χ4n) is 2.05. The Morgan fingerprint density at radius 1 is 1.35 bits per heavy atom. The number of carbonyl (C=O) groups is 2. The number of nitrogens with zero attached hydrogens (tertiary/aromatic N) is 1. The highest BCUT2D eigenvalue weighted by atomic mass is 16.4. The summed E-state index contributed by atoms with van der Waals surface area (Å²) in [5, 5.41) is 8.98. The zero-order chi connectivity index (χ0) is 15.1. The molecule has 1 unspecified atom stereocenters. The van der Waals surface area contributed by atoms with E-state index in [0.717, 1.165) is 5.56 Å². The molecular weight excluding hydrogens is 256 g/mol. The normalized spacial score (nSPS) is 11.9. The van der Waals surface area contributed by atoms with Gasteiger partial charge in [0.2, 0.25) is 0 Å². The fourth-order valence-corrected chi connectivity index (χ4v) is 2.05. The number of carboxylic acid groups (broad SMARTS) is 1. The summed E-state index contributed by atoms with van der Waals surface area (Å²) in [6.45, 7) is 3.95. The molecule has 1 atom stereocenters. The van der Waals surface area contributed by atoms with Crippen LogP contribution in [-0.4, -0.2) is 41.0 Å². The maximum Gasteiger partial charge on any atom is 0.323 e. The number of rotatable bonds is 7. The molecule has 0 saturated heterocycles. The first-order chi connectivity index (χ1) is 9.51. The van der Waals surface area contributed by atoms with Crippen LogP contribution in [0.4, 0.5) is 0 Å². The minimum atomic E-state index is -1.00. The Balaban J connectivity index is 3.08. The van der Waals surface area contributed by atoms with Gasteiger partial charge in [-0.15, -0.1) is 0 Å². The van der Waals surface area contributed by atoms with Gasteiger partial charge in [-0.3, -0.25) is 9.59 Å². The van der Waals surface area contributed by atoms with Crippen molar-refractivity contribution in [3.8, 4) is 0 Å². The minimum Gasteiger partial charge on any atom is -0.480 e. The quantitative estimate of drug-likeness (QED) is 0.792. The van der Waals surface area contributed by atoms with Gasteiger partial charge in [0.1, 0.15) is 6.54 Å². The van der Waals surface area contributed by atoms with Crippen LogP contribution in [0.1, 0.15) is 36.2 Å². The van der Waals surface area contributed by atoms with Crippen LogP contribution in [0, 0.1) is 0 Å². The number of hydrogen-bond donors (Lipinski definition) is 2. The number of nitrogens with two attached hydrogens (primary N) is 1. The zero-order valence-corrected chi connectivity index (χ0v) is 12.0. The molecule has 5 nitrogen and oxygen atoms in total. The largest absolute Gasteiger partial charge is 0.480 e. The molecule has 1 aromatic rings. The summed E-state index contributed by atoms with van der Waals surface area (Å²) in [6.07, 6.45) is 1.31. The second kappa shape index (κ2) is 7.65. The first kappa shape index (κ1) is 16.2. The molecule has 1 rings (SSSR count). The topological polar surface area (TPSA) is 83.6 Å². The predicted octanol–water partition coefficient (Wildman–Crippen LogP) is 1.51. The van der Waals surface area contributed by atoms with Gasteiger partial charge >= 0.3 is 5.97 Å². The van der Waals surface area contributed by atoms with Crippen molar-refractivity contribution >= 4 is 11.9 Å². The van der Waals surface area contributed by atoms with E-state index in [4.69, 9.17) is 10.8 Å². The Labute approximate surface area is 119 Å². The van der Waals surface area contributed by atoms with Crippen LogP contribution in [-0.2, 0) is 11.2 Å². The lowest BCUT2D eigenvalue weighted by molar-refractivity contribution is -0.138. The third-order valence-corrected chi connectivity index (χ3v) is 3.35. The number of benzene rings is 1. The molecule has 0 radical (unpaired) electrons. The van der Waals surface area contributed by atoms with Crippen molar-refractivity contribution in [3.63, 3.8) is 0 Å². The van der Waals surface area contributed by atoms with Gasteiger partial charge in [-0.05, 0) is 37.9 Å². The Morgan fingerprint density at radius 2 is 2.00 bits per heavy atom. The maximum atomic E-state index is 12.6. The van der Waals surface area contributed by atoms with E-state index in [0.29, 0.717) is 24.9 Å². The molecule has 0 heterocycles. The third-order valence-electron chi connectivity index (χ3n) is 3.35. The molecular formula is C15H22N2O3. The van der Waals surface area contributed by atoms with Crippen LogP contribution in [0.2, 0.25) is 0 Å². The van der Waals surface area contributed by atoms with E-state index in [-0.39, 0.29) is 18.5 Å². The first-order valence-corrected chi connectivity index (χ1v) is 6.82. The Kier molecular flexibility index (Phi) is 6.18. The summed E-state index contributed by atoms with van der Waals surface area (Å²) in [5.41, 5.74) is 6.95. The van der Waals surface area contributed by atoms with Gasteiger partial charge in [0.25, 0.3) is 5.91 Å². The van der Waals surface area contributed by atoms with E-state index in [1.165, 1.54) is 4.90 Å². The van der Waals surface area contributed by atoms with E-state index in [1.807, 2.05) is 26.0 Å². The number of carbonyl (C=O) groups excluding carboxylic acids is 1. The molecule has 0 aliphatic rings. The molecule has 1 amide bonds. The Bertz CT molecular complexity index is 474. The summed E-state index contributed by atoms with van der Waals surface area (Å²) in [7, 11) is 0. The van der Waals surface area contributed by atoms with Crippen molar-refractivity contribution in [2.75, 3.05) is 13.1 Å². The predicted molar refractivity (Wildman–Crippen MR) is 77.6 cm³/mol. The standard InChI is InChI=1S/C15H22N2O3/c1-3-11(2)17(10-14(18)19)15(20)13-7-5-4-6-12(13)8-9-16/h4-7,11H,3,8-10,16H2,1-2H3,(H,18,19). The minimum absolute atomic E-state index is 0.121. The zero-order valence-electron chi connectivity index (χ0n) is 12.0. The number of amides is 1. The maximum absolute atomic E-state index is 12.6. The van der Waals surface area contributed by atoms with Crippen molar-refractivity contribution in [2.45, 2.75) is 32.7 Å². The van der Waals surface area contributed by atoms with Crippen molar-refractivity contribution in [1.29, 1.82) is 0 Å². The van der Waals surface area contributed by atoms with Crippen molar-refractivity contribution < 1.29 is 14.7 Å². The highest BCUT2D eigenvalue weighted by molar-refractivity contribution is 5.97. The first-order valence-electron chi connectivity index (χ1n) is 6.82. The lowest BCUT2D eigenvalue weighted by Gasteiger charge is -2.27. The van der Waals surface area contributed by atoms with Crippen LogP contribution < -0.4 is 5.73 Å². The van der Waals surface area contributed by atoms with Gasteiger partial charge in [0.15, 0.2) is 0 Å². The molecule has 0 spiro atoms. The summed E-state index contributed by atoms with van der Waals surface area (Å²) in [5.74, 6) is -1.25. The number of aliphatic carboxylic acids is 1. The van der Waals surface area contributed by atoms with E-state index >= 15 is 0 Å². The fraction of sp³-hybridized carbons (Fsp3) is 0.467. The van der Waals surface area contributed by atoms with Crippen LogP contribution in [0.5, 0.6) is 0 Å². The Morgan fingerprint density at radius 3 is 2.55 bits per heavy atom. The summed E-state index contributed by atoms with van der Waals surface area (Å²) in [6, 6.07) is 7.10. The average molecular weight is 278 g/mol. The van der Waals surface area contributed by atoms with Crippen molar-refractivity contribution in [1.82, 2.24) is 4.90 Å². The third kappa shape index (κ3) is 4.06. The molecule has 5 heteroatoms. The van der Waals surface area contributed by atoms with Gasteiger partial charge < -0.3 is 15.7 Å². The monoisotopic (exact) mass is 278 g/mol. The van der Waals surface area contributed by atoms with Gasteiger partial charge in [0, 0.05) is 11.6 Å². The molecule has 0 fully saturated rings. The van der Waals surface area contributed by atoms with Crippen LogP contribution in [0.15, 0.2) is 24.3 Å². The second-order valence-electron chi connectivity index (χ2n) is 4.78. The molecule has 0 saturated carbocycles. The van der Waals surface area contributed by atoms with Crippen LogP contribution in [0.25, 0.3) is 0 Å². The molecule has 0 bridgehead atoms. The average Bonchev–Trinajstić information content (AvgIpc) is 2.44. The molecule has 20 heavy (non-hydrogen) atoms. The van der Waals surface area contributed by atoms with E-state index < -0.39 is 5.97 Å². The molecule has 0 aromatic heterocycles. The smallest absolute Gasteiger partial charge is 0.323 e. The number of hydrogen-bond acceptors (Lipinski definition) is 3. The lowest BCUT2D eigenvalue weighted by atomic mass is 10.0. The molecule has 0 aliphatic heterocycles. The van der Waals surface area contributed by atoms with Crippen molar-refractivity contribution in [3.05, 3.63) is 35.4 Å². The SMILES string of the molecule is CCC(C)N(CC(=O)O)C(=O)c1ccccc1CCN. The van der Waals surface area contributed by atoms with Gasteiger partial charge in [0.05, 0.1) is 0 Å². The molecule has 110 valence electrons. The Hall–Kier alpha value is -1.88.